The molecule has 2 aromatic rings. The molecule has 1 saturated carbocycles. The molecule has 3 amide bonds. The molecule has 0 spiro atoms. The number of amides is 3. The Morgan fingerprint density at radius 2 is 1.77 bits per heavy atom. The molecule has 1 saturated heterocycles. The van der Waals surface area contributed by atoms with Crippen LogP contribution in [0.4, 0.5) is 11.4 Å². The number of fused-ring (bicyclic) bond motifs is 1. The first-order valence-corrected chi connectivity index (χ1v) is 9.88. The van der Waals surface area contributed by atoms with Gasteiger partial charge in [0.2, 0.25) is 17.7 Å². The number of anilines is 1. The van der Waals surface area contributed by atoms with Gasteiger partial charge in [-0.2, -0.15) is 0 Å². The predicted octanol–water partition coefficient (Wildman–Crippen LogP) is 3.10. The summed E-state index contributed by atoms with van der Waals surface area (Å²) in [7, 11) is 0. The molecule has 0 aromatic heterocycles. The molecule has 1 N–H and O–H groups in total. The number of carbonyl (C=O) groups excluding carboxylic acids is 3. The van der Waals surface area contributed by atoms with E-state index in [1.165, 1.54) is 24.3 Å². The fourth-order valence-corrected chi connectivity index (χ4v) is 4.47. The Kier molecular flexibility index (Phi) is 5.31. The average molecular weight is 407 g/mol. The summed E-state index contributed by atoms with van der Waals surface area (Å²) in [5.41, 5.74) is 1.26. The largest absolute Gasteiger partial charge is 0.324 e. The monoisotopic (exact) mass is 407 g/mol. The first-order valence-electron chi connectivity index (χ1n) is 9.88. The Bertz CT molecular complexity index is 1010. The van der Waals surface area contributed by atoms with Crippen molar-refractivity contribution < 1.29 is 19.3 Å². The molecule has 8 nitrogen and oxygen atoms in total. The van der Waals surface area contributed by atoms with Gasteiger partial charge < -0.3 is 5.32 Å². The van der Waals surface area contributed by atoms with Crippen LogP contribution < -0.4 is 5.32 Å². The lowest BCUT2D eigenvalue weighted by Gasteiger charge is -2.28. The van der Waals surface area contributed by atoms with E-state index in [0.717, 1.165) is 16.9 Å². The fraction of sp³-hybridized carbons (Fsp3) is 0.318. The highest BCUT2D eigenvalue weighted by atomic mass is 16.6. The molecule has 0 bridgehead atoms. The molecular weight excluding hydrogens is 386 g/mol. The van der Waals surface area contributed by atoms with Gasteiger partial charge in [-0.1, -0.05) is 36.4 Å². The van der Waals surface area contributed by atoms with E-state index in [4.69, 9.17) is 0 Å². The van der Waals surface area contributed by atoms with Crippen molar-refractivity contribution in [2.45, 2.75) is 25.2 Å². The normalized spacial score (nSPS) is 23.2. The Hall–Kier alpha value is -3.55. The van der Waals surface area contributed by atoms with E-state index in [-0.39, 0.29) is 41.6 Å². The molecular formula is C22H21N3O5. The lowest BCUT2D eigenvalue weighted by molar-refractivity contribution is -0.384. The van der Waals surface area contributed by atoms with E-state index in [1.54, 1.807) is 0 Å². The number of benzene rings is 2. The number of likely N-dealkylation sites (tertiary alicyclic amines) is 1. The Morgan fingerprint density at radius 1 is 1.03 bits per heavy atom. The lowest BCUT2D eigenvalue weighted by Crippen LogP contribution is -2.38. The fourth-order valence-electron chi connectivity index (χ4n) is 4.47. The van der Waals surface area contributed by atoms with E-state index >= 15 is 0 Å². The number of carbonyl (C=O) groups is 3. The number of imide groups is 1. The van der Waals surface area contributed by atoms with Crippen LogP contribution in [0.15, 0.2) is 54.6 Å². The van der Waals surface area contributed by atoms with Crippen molar-refractivity contribution in [1.29, 1.82) is 0 Å². The molecule has 30 heavy (non-hydrogen) atoms. The molecule has 0 radical (unpaired) electrons. The molecule has 1 aliphatic heterocycles. The zero-order valence-corrected chi connectivity index (χ0v) is 16.2. The van der Waals surface area contributed by atoms with Gasteiger partial charge in [0, 0.05) is 17.8 Å². The Labute approximate surface area is 173 Å². The second kappa shape index (κ2) is 8.06. The van der Waals surface area contributed by atoms with Crippen molar-refractivity contribution in [3.05, 3.63) is 70.3 Å². The topological polar surface area (TPSA) is 110 Å². The van der Waals surface area contributed by atoms with Crippen LogP contribution in [-0.4, -0.2) is 34.1 Å². The van der Waals surface area contributed by atoms with E-state index < -0.39 is 16.7 Å². The molecule has 1 aliphatic carbocycles. The van der Waals surface area contributed by atoms with E-state index in [9.17, 15) is 24.5 Å². The molecule has 2 aliphatic rings. The summed E-state index contributed by atoms with van der Waals surface area (Å²) in [6.45, 7) is -0.386. The first kappa shape index (κ1) is 19.8. The number of nitro groups is 1. The SMILES string of the molecule is O=C(CN1C(=O)[C@@H]2CC[C@@H](c3ccccc3)C[C@H]2C1=O)Nc1cccc([N+](=O)[O-])c1. The second-order valence-corrected chi connectivity index (χ2v) is 7.75. The number of nitro benzene ring substituents is 1. The maximum Gasteiger partial charge on any atom is 0.271 e. The second-order valence-electron chi connectivity index (χ2n) is 7.75. The highest BCUT2D eigenvalue weighted by Crippen LogP contribution is 2.44. The maximum atomic E-state index is 12.9. The summed E-state index contributed by atoms with van der Waals surface area (Å²) in [6.07, 6.45) is 2.05. The van der Waals surface area contributed by atoms with Gasteiger partial charge in [-0.05, 0) is 36.8 Å². The van der Waals surface area contributed by atoms with E-state index in [0.29, 0.717) is 12.8 Å². The van der Waals surface area contributed by atoms with Gasteiger partial charge in [-0.15, -0.1) is 0 Å². The predicted molar refractivity (Wildman–Crippen MR) is 108 cm³/mol. The summed E-state index contributed by atoms with van der Waals surface area (Å²) in [6, 6.07) is 15.5. The van der Waals surface area contributed by atoms with Crippen LogP contribution in [0.3, 0.4) is 0 Å². The van der Waals surface area contributed by atoms with Gasteiger partial charge in [0.1, 0.15) is 6.54 Å². The number of nitrogens with zero attached hydrogens (tertiary/aromatic N) is 2. The van der Waals surface area contributed by atoms with Crippen LogP contribution in [0, 0.1) is 22.0 Å². The summed E-state index contributed by atoms with van der Waals surface area (Å²) >= 11 is 0. The quantitative estimate of drug-likeness (QED) is 0.465. The molecule has 154 valence electrons. The van der Waals surface area contributed by atoms with Gasteiger partial charge in [0.05, 0.1) is 16.8 Å². The molecule has 1 heterocycles. The standard InChI is InChI=1S/C22H21N3O5/c26-20(23-16-7-4-8-17(12-16)25(29)30)13-24-21(27)18-10-9-15(11-19(18)22(24)28)14-5-2-1-3-6-14/h1-8,12,15,18-19H,9-11,13H2,(H,23,26)/t15-,18-,19-/m1/s1. The van der Waals surface area contributed by atoms with Crippen LogP contribution in [-0.2, 0) is 14.4 Å². The van der Waals surface area contributed by atoms with Crippen molar-refractivity contribution in [3.63, 3.8) is 0 Å². The lowest BCUT2D eigenvalue weighted by atomic mass is 9.73. The number of nitrogens with one attached hydrogen (secondary N) is 1. The van der Waals surface area contributed by atoms with Gasteiger partial charge in [0.25, 0.3) is 5.69 Å². The van der Waals surface area contributed by atoms with Crippen LogP contribution in [0.25, 0.3) is 0 Å². The van der Waals surface area contributed by atoms with E-state index in [2.05, 4.69) is 5.32 Å². The van der Waals surface area contributed by atoms with Gasteiger partial charge in [0.15, 0.2) is 0 Å². The molecule has 3 atom stereocenters. The number of hydrogen-bond donors (Lipinski definition) is 1. The highest BCUT2D eigenvalue weighted by molar-refractivity contribution is 6.08. The minimum atomic E-state index is -0.560. The smallest absolute Gasteiger partial charge is 0.271 e. The molecule has 8 heteroatoms. The maximum absolute atomic E-state index is 12.9. The summed E-state index contributed by atoms with van der Waals surface area (Å²) < 4.78 is 0. The van der Waals surface area contributed by atoms with Crippen LogP contribution in [0.2, 0.25) is 0 Å². The summed E-state index contributed by atoms with van der Waals surface area (Å²) in [4.78, 5) is 49.4. The summed E-state index contributed by atoms with van der Waals surface area (Å²) in [5, 5.41) is 13.4. The van der Waals surface area contributed by atoms with Crippen molar-refractivity contribution in [3.8, 4) is 0 Å². The van der Waals surface area contributed by atoms with Crippen molar-refractivity contribution in [1.82, 2.24) is 4.90 Å². The first-order chi connectivity index (χ1) is 14.4. The Morgan fingerprint density at radius 3 is 2.50 bits per heavy atom. The summed E-state index contributed by atoms with van der Waals surface area (Å²) in [5.74, 6) is -1.71. The average Bonchev–Trinajstić information content (AvgIpc) is 2.99. The minimum Gasteiger partial charge on any atom is -0.324 e. The van der Waals surface area contributed by atoms with Crippen molar-refractivity contribution in [2.24, 2.45) is 11.8 Å². The molecule has 2 aromatic carbocycles. The molecule has 4 rings (SSSR count). The zero-order chi connectivity index (χ0) is 21.3. The van der Waals surface area contributed by atoms with Crippen LogP contribution in [0.5, 0.6) is 0 Å². The molecule has 2 fully saturated rings. The molecule has 0 unspecified atom stereocenters. The third-order valence-electron chi connectivity index (χ3n) is 5.93. The number of rotatable bonds is 5. The van der Waals surface area contributed by atoms with Gasteiger partial charge in [-0.3, -0.25) is 29.4 Å². The number of hydrogen-bond acceptors (Lipinski definition) is 5. The van der Waals surface area contributed by atoms with Gasteiger partial charge in [-0.25, -0.2) is 0 Å². The Balaban J connectivity index is 1.42. The van der Waals surface area contributed by atoms with E-state index in [1.807, 2.05) is 30.3 Å². The minimum absolute atomic E-state index is 0.154. The van der Waals surface area contributed by atoms with Crippen LogP contribution >= 0.6 is 0 Å². The third kappa shape index (κ3) is 3.80. The van der Waals surface area contributed by atoms with Crippen molar-refractivity contribution >= 4 is 29.1 Å². The van der Waals surface area contributed by atoms with Crippen LogP contribution in [0.1, 0.15) is 30.7 Å². The highest BCUT2D eigenvalue weighted by Gasteiger charge is 2.50. The zero-order valence-electron chi connectivity index (χ0n) is 16.2. The third-order valence-corrected chi connectivity index (χ3v) is 5.93. The van der Waals surface area contributed by atoms with Gasteiger partial charge >= 0.3 is 0 Å². The van der Waals surface area contributed by atoms with Crippen molar-refractivity contribution in [2.75, 3.05) is 11.9 Å². The number of non-ortho nitro benzene ring substituents is 1.